The Morgan fingerprint density at radius 3 is 2.58 bits per heavy atom. The van der Waals surface area contributed by atoms with E-state index in [0.29, 0.717) is 11.3 Å². The summed E-state index contributed by atoms with van der Waals surface area (Å²) in [5.74, 6) is 0.745. The summed E-state index contributed by atoms with van der Waals surface area (Å²) in [6, 6.07) is 14.4. The first-order chi connectivity index (χ1) is 11.3. The molecular formula is C18H20N2O3S. The third-order valence-corrected chi connectivity index (χ3v) is 4.75. The fourth-order valence-electron chi connectivity index (χ4n) is 2.32. The van der Waals surface area contributed by atoms with E-state index >= 15 is 0 Å². The summed E-state index contributed by atoms with van der Waals surface area (Å²) >= 11 is 0. The van der Waals surface area contributed by atoms with E-state index in [1.807, 2.05) is 38.1 Å². The van der Waals surface area contributed by atoms with Crippen LogP contribution >= 0.6 is 0 Å². The van der Waals surface area contributed by atoms with Crippen molar-refractivity contribution in [3.63, 3.8) is 0 Å². The van der Waals surface area contributed by atoms with Crippen LogP contribution in [0.2, 0.25) is 0 Å². The zero-order valence-corrected chi connectivity index (χ0v) is 14.8. The van der Waals surface area contributed by atoms with Crippen LogP contribution in [0.15, 0.2) is 42.5 Å². The standard InChI is InChI=1S/C18H20N2O3S/c1-14-7-8-15(2)18(11-14)23-10-9-20(24(3,21)22)17-6-4-5-16(12-17)13-19/h4-8,11-12H,9-10H2,1-3H3. The Balaban J connectivity index is 2.16. The Kier molecular flexibility index (Phi) is 5.47. The lowest BCUT2D eigenvalue weighted by atomic mass is 10.1. The molecule has 0 bridgehead atoms. The van der Waals surface area contributed by atoms with Crippen molar-refractivity contribution >= 4 is 15.7 Å². The first-order valence-electron chi connectivity index (χ1n) is 7.49. The van der Waals surface area contributed by atoms with Crippen LogP contribution in [-0.4, -0.2) is 27.8 Å². The zero-order chi connectivity index (χ0) is 17.7. The van der Waals surface area contributed by atoms with E-state index in [-0.39, 0.29) is 13.2 Å². The molecule has 0 aliphatic heterocycles. The Labute approximate surface area is 143 Å². The van der Waals surface area contributed by atoms with Gasteiger partial charge in [-0.15, -0.1) is 0 Å². The Morgan fingerprint density at radius 1 is 1.17 bits per heavy atom. The molecule has 5 nitrogen and oxygen atoms in total. The van der Waals surface area contributed by atoms with Gasteiger partial charge in [0.25, 0.3) is 0 Å². The van der Waals surface area contributed by atoms with Crippen LogP contribution in [0.4, 0.5) is 5.69 Å². The van der Waals surface area contributed by atoms with Crippen LogP contribution < -0.4 is 9.04 Å². The van der Waals surface area contributed by atoms with Crippen LogP contribution in [-0.2, 0) is 10.0 Å². The highest BCUT2D eigenvalue weighted by Crippen LogP contribution is 2.21. The molecule has 0 amide bonds. The molecule has 24 heavy (non-hydrogen) atoms. The Hall–Kier alpha value is -2.52. The molecule has 2 aromatic rings. The monoisotopic (exact) mass is 344 g/mol. The Morgan fingerprint density at radius 2 is 1.92 bits per heavy atom. The van der Waals surface area contributed by atoms with Gasteiger partial charge in [-0.2, -0.15) is 5.26 Å². The number of aryl methyl sites for hydroxylation is 2. The van der Waals surface area contributed by atoms with E-state index < -0.39 is 10.0 Å². The lowest BCUT2D eigenvalue weighted by Gasteiger charge is -2.23. The van der Waals surface area contributed by atoms with Gasteiger partial charge in [-0.05, 0) is 49.2 Å². The van der Waals surface area contributed by atoms with Crippen molar-refractivity contribution < 1.29 is 13.2 Å². The molecule has 0 saturated heterocycles. The maximum Gasteiger partial charge on any atom is 0.232 e. The smallest absolute Gasteiger partial charge is 0.232 e. The van der Waals surface area contributed by atoms with Crippen molar-refractivity contribution in [1.29, 1.82) is 5.26 Å². The average molecular weight is 344 g/mol. The summed E-state index contributed by atoms with van der Waals surface area (Å²) in [6.45, 7) is 4.30. The third-order valence-electron chi connectivity index (χ3n) is 3.56. The van der Waals surface area contributed by atoms with E-state index in [1.165, 1.54) is 4.31 Å². The Bertz CT molecular complexity index is 870. The molecule has 2 rings (SSSR count). The van der Waals surface area contributed by atoms with Crippen LogP contribution in [0.1, 0.15) is 16.7 Å². The van der Waals surface area contributed by atoms with E-state index in [2.05, 4.69) is 0 Å². The van der Waals surface area contributed by atoms with E-state index in [9.17, 15) is 8.42 Å². The third kappa shape index (κ3) is 4.49. The molecule has 2 aromatic carbocycles. The minimum atomic E-state index is -3.47. The van der Waals surface area contributed by atoms with Crippen LogP contribution in [0.25, 0.3) is 0 Å². The van der Waals surface area contributed by atoms with Gasteiger partial charge >= 0.3 is 0 Å². The summed E-state index contributed by atoms with van der Waals surface area (Å²) in [5, 5.41) is 8.99. The minimum absolute atomic E-state index is 0.168. The number of sulfonamides is 1. The van der Waals surface area contributed by atoms with Gasteiger partial charge in [0.15, 0.2) is 0 Å². The molecule has 0 heterocycles. The van der Waals surface area contributed by atoms with Gasteiger partial charge in [0, 0.05) is 0 Å². The van der Waals surface area contributed by atoms with Crippen molar-refractivity contribution in [2.45, 2.75) is 13.8 Å². The highest BCUT2D eigenvalue weighted by atomic mass is 32.2. The summed E-state index contributed by atoms with van der Waals surface area (Å²) in [5.41, 5.74) is 2.95. The van der Waals surface area contributed by atoms with Gasteiger partial charge in [-0.1, -0.05) is 18.2 Å². The van der Waals surface area contributed by atoms with E-state index in [4.69, 9.17) is 10.00 Å². The van der Waals surface area contributed by atoms with Crippen molar-refractivity contribution in [3.8, 4) is 11.8 Å². The van der Waals surface area contributed by atoms with Crippen LogP contribution in [0, 0.1) is 25.2 Å². The normalized spacial score (nSPS) is 10.9. The highest BCUT2D eigenvalue weighted by Gasteiger charge is 2.18. The van der Waals surface area contributed by atoms with Gasteiger partial charge in [-0.25, -0.2) is 8.42 Å². The van der Waals surface area contributed by atoms with Gasteiger partial charge in [0.2, 0.25) is 10.0 Å². The molecule has 0 aromatic heterocycles. The molecule has 0 aliphatic rings. The second-order valence-corrected chi connectivity index (χ2v) is 7.52. The number of benzene rings is 2. The predicted molar refractivity (Wildman–Crippen MR) is 94.8 cm³/mol. The van der Waals surface area contributed by atoms with E-state index in [1.54, 1.807) is 24.3 Å². The van der Waals surface area contributed by atoms with Gasteiger partial charge in [0.05, 0.1) is 30.1 Å². The van der Waals surface area contributed by atoms with Gasteiger partial charge < -0.3 is 4.74 Å². The average Bonchev–Trinajstić information content (AvgIpc) is 2.53. The van der Waals surface area contributed by atoms with Gasteiger partial charge in [0.1, 0.15) is 12.4 Å². The van der Waals surface area contributed by atoms with E-state index in [0.717, 1.165) is 23.1 Å². The topological polar surface area (TPSA) is 70.4 Å². The molecule has 0 radical (unpaired) electrons. The molecule has 6 heteroatoms. The van der Waals surface area contributed by atoms with Gasteiger partial charge in [-0.3, -0.25) is 4.31 Å². The first-order valence-corrected chi connectivity index (χ1v) is 9.34. The molecule has 0 spiro atoms. The summed E-state index contributed by atoms with van der Waals surface area (Å²) < 4.78 is 31.2. The molecular weight excluding hydrogens is 324 g/mol. The fourth-order valence-corrected chi connectivity index (χ4v) is 3.22. The number of rotatable bonds is 6. The molecule has 126 valence electrons. The van der Waals surface area contributed by atoms with Crippen molar-refractivity contribution in [2.24, 2.45) is 0 Å². The summed E-state index contributed by atoms with van der Waals surface area (Å²) in [4.78, 5) is 0. The summed E-state index contributed by atoms with van der Waals surface area (Å²) in [7, 11) is -3.47. The number of hydrogen-bond acceptors (Lipinski definition) is 4. The molecule has 0 fully saturated rings. The lowest BCUT2D eigenvalue weighted by Crippen LogP contribution is -2.33. The summed E-state index contributed by atoms with van der Waals surface area (Å²) in [6.07, 6.45) is 1.14. The molecule has 0 atom stereocenters. The quantitative estimate of drug-likeness (QED) is 0.807. The van der Waals surface area contributed by atoms with Crippen molar-refractivity contribution in [1.82, 2.24) is 0 Å². The second-order valence-electron chi connectivity index (χ2n) is 5.61. The number of anilines is 1. The van der Waals surface area contributed by atoms with Crippen LogP contribution in [0.3, 0.4) is 0 Å². The minimum Gasteiger partial charge on any atom is -0.491 e. The number of ether oxygens (including phenoxy) is 1. The number of nitriles is 1. The number of hydrogen-bond donors (Lipinski definition) is 0. The van der Waals surface area contributed by atoms with Crippen LogP contribution in [0.5, 0.6) is 5.75 Å². The SMILES string of the molecule is Cc1ccc(C)c(OCCN(c2cccc(C#N)c2)S(C)(=O)=O)c1. The maximum atomic E-state index is 12.1. The van der Waals surface area contributed by atoms with Crippen molar-refractivity contribution in [3.05, 3.63) is 59.2 Å². The van der Waals surface area contributed by atoms with Crippen molar-refractivity contribution in [2.75, 3.05) is 23.7 Å². The second kappa shape index (κ2) is 7.37. The number of nitrogens with zero attached hydrogens (tertiary/aromatic N) is 2. The molecule has 0 unspecified atom stereocenters. The fraction of sp³-hybridized carbons (Fsp3) is 0.278. The molecule has 0 saturated carbocycles. The predicted octanol–water partition coefficient (Wildman–Crippen LogP) is 3.02. The highest BCUT2D eigenvalue weighted by molar-refractivity contribution is 7.92. The maximum absolute atomic E-state index is 12.1. The lowest BCUT2D eigenvalue weighted by molar-refractivity contribution is 0.326. The molecule has 0 aliphatic carbocycles. The zero-order valence-electron chi connectivity index (χ0n) is 14.0. The first kappa shape index (κ1) is 17.8. The largest absolute Gasteiger partial charge is 0.491 e. The molecule has 0 N–H and O–H groups in total.